The van der Waals surface area contributed by atoms with Gasteiger partial charge in [0.05, 0.1) is 4.75 Å². The zero-order chi connectivity index (χ0) is 24.3. The molecule has 0 radical (unpaired) electrons. The number of nitrogens with one attached hydrogen (secondary N) is 1. The fraction of sp³-hybridized carbons (Fsp3) is 0.636. The molecule has 0 heterocycles. The number of carbonyl (C=O) groups excluding carboxylic acids is 1. The molecule has 0 saturated carbocycles. The molecule has 0 aliphatic carbocycles. The van der Waals surface area contributed by atoms with Gasteiger partial charge in [0.1, 0.15) is 19.0 Å². The Morgan fingerprint density at radius 2 is 2.00 bits per heavy atom. The first-order valence-corrected chi connectivity index (χ1v) is 11.3. The molecule has 1 unspecified atom stereocenters. The fourth-order valence-corrected chi connectivity index (χ4v) is 3.25. The van der Waals surface area contributed by atoms with Crippen LogP contribution in [0.15, 0.2) is 16.7 Å². The molecule has 180 valence electrons. The number of likely N-dealkylation sites (N-methyl/N-ethyl adjacent to an activating group) is 1. The lowest BCUT2D eigenvalue weighted by Gasteiger charge is -2.22. The molecule has 1 atom stereocenters. The Kier molecular flexibility index (Phi) is 11.7. The van der Waals surface area contributed by atoms with Crippen molar-refractivity contribution in [2.45, 2.75) is 51.4 Å². The van der Waals surface area contributed by atoms with Crippen LogP contribution >= 0.6 is 11.9 Å². The zero-order valence-corrected chi connectivity index (χ0v) is 20.6. The van der Waals surface area contributed by atoms with E-state index in [2.05, 4.69) is 9.90 Å². The van der Waals surface area contributed by atoms with E-state index in [1.807, 2.05) is 32.0 Å². The summed E-state index contributed by atoms with van der Waals surface area (Å²) in [5.74, 6) is -0.906. The standard InChI is InChI=1S/C22H35N3O6S/c1-7-8-16-12-17(15(2)11-18(16)30-10-9-25(5)6)20(21(27)28)31-13-19(26)23-14-22(3,4)32-24-29/h11-12,20H,7-10,13-14H2,1-6H3,(H,23,26)(H,27,28). The van der Waals surface area contributed by atoms with Gasteiger partial charge in [-0.3, -0.25) is 4.79 Å². The average molecular weight is 470 g/mol. The third kappa shape index (κ3) is 9.54. The molecule has 1 rings (SSSR count). The summed E-state index contributed by atoms with van der Waals surface area (Å²) in [6.07, 6.45) is 0.317. The fourth-order valence-electron chi connectivity index (χ4n) is 2.91. The van der Waals surface area contributed by atoms with Gasteiger partial charge in [-0.25, -0.2) is 4.79 Å². The molecule has 2 N–H and O–H groups in total. The summed E-state index contributed by atoms with van der Waals surface area (Å²) in [6, 6.07) is 3.64. The van der Waals surface area contributed by atoms with Crippen LogP contribution in [0.25, 0.3) is 0 Å². The summed E-state index contributed by atoms with van der Waals surface area (Å²) in [7, 11) is 3.93. The van der Waals surface area contributed by atoms with Gasteiger partial charge in [0.25, 0.3) is 0 Å². The SMILES string of the molecule is CCCc1cc(C(OCC(=O)NCC(C)(C)SN=O)C(=O)O)c(C)cc1OCCN(C)C. The number of ether oxygens (including phenoxy) is 2. The predicted octanol–water partition coefficient (Wildman–Crippen LogP) is 3.34. The van der Waals surface area contributed by atoms with E-state index < -0.39 is 29.3 Å². The van der Waals surface area contributed by atoms with Gasteiger partial charge in [-0.2, -0.15) is 0 Å². The molecule has 1 aromatic carbocycles. The minimum atomic E-state index is -1.29. The van der Waals surface area contributed by atoms with E-state index in [1.165, 1.54) is 0 Å². The summed E-state index contributed by atoms with van der Waals surface area (Å²) in [6.45, 7) is 8.43. The minimum Gasteiger partial charge on any atom is -0.492 e. The molecule has 10 heteroatoms. The third-order valence-corrected chi connectivity index (χ3v) is 5.36. The highest BCUT2D eigenvalue weighted by Gasteiger charge is 2.26. The topological polar surface area (TPSA) is 118 Å². The lowest BCUT2D eigenvalue weighted by molar-refractivity contribution is -0.152. The van der Waals surface area contributed by atoms with Crippen LogP contribution in [0.2, 0.25) is 0 Å². The number of carboxylic acid groups (broad SMARTS) is 1. The highest BCUT2D eigenvalue weighted by atomic mass is 32.2. The molecule has 0 saturated heterocycles. The summed E-state index contributed by atoms with van der Waals surface area (Å²) in [5.41, 5.74) is 2.12. The molecule has 0 aromatic heterocycles. The number of nitrogens with zero attached hydrogens (tertiary/aromatic N) is 2. The number of hydrogen-bond donors (Lipinski definition) is 2. The van der Waals surface area contributed by atoms with Gasteiger partial charge in [0.2, 0.25) is 5.91 Å². The number of aliphatic carboxylic acids is 1. The number of carbonyl (C=O) groups is 2. The maximum atomic E-state index is 12.2. The quantitative estimate of drug-likeness (QED) is 0.297. The van der Waals surface area contributed by atoms with Gasteiger partial charge < -0.3 is 24.8 Å². The smallest absolute Gasteiger partial charge is 0.337 e. The highest BCUT2D eigenvalue weighted by Crippen LogP contribution is 2.30. The molecule has 0 aliphatic heterocycles. The molecular formula is C22H35N3O6S. The van der Waals surface area contributed by atoms with Crippen LogP contribution < -0.4 is 10.1 Å². The molecule has 32 heavy (non-hydrogen) atoms. The first-order chi connectivity index (χ1) is 15.0. The van der Waals surface area contributed by atoms with Crippen LogP contribution in [0.1, 0.15) is 50.0 Å². The first kappa shape index (κ1) is 27.9. The van der Waals surface area contributed by atoms with Crippen molar-refractivity contribution < 1.29 is 24.2 Å². The second kappa shape index (κ2) is 13.4. The van der Waals surface area contributed by atoms with E-state index in [4.69, 9.17) is 9.47 Å². The van der Waals surface area contributed by atoms with Crippen LogP contribution in [0.3, 0.4) is 0 Å². The van der Waals surface area contributed by atoms with Crippen molar-refractivity contribution in [3.8, 4) is 5.75 Å². The zero-order valence-electron chi connectivity index (χ0n) is 19.8. The third-order valence-electron chi connectivity index (χ3n) is 4.65. The van der Waals surface area contributed by atoms with Crippen molar-refractivity contribution in [1.29, 1.82) is 0 Å². The van der Waals surface area contributed by atoms with Crippen LogP contribution in [0, 0.1) is 11.8 Å². The van der Waals surface area contributed by atoms with Crippen LogP contribution in [0.4, 0.5) is 0 Å². The number of aryl methyl sites for hydroxylation is 2. The van der Waals surface area contributed by atoms with Gasteiger partial charge in [0.15, 0.2) is 6.10 Å². The second-order valence-electron chi connectivity index (χ2n) is 8.45. The molecule has 0 fully saturated rings. The number of nitroso groups, excluding NO2 is 1. The lowest BCUT2D eigenvalue weighted by Crippen LogP contribution is -2.38. The largest absolute Gasteiger partial charge is 0.492 e. The lowest BCUT2D eigenvalue weighted by atomic mass is 9.97. The molecule has 0 aliphatic rings. The molecule has 9 nitrogen and oxygen atoms in total. The van der Waals surface area contributed by atoms with E-state index in [0.717, 1.165) is 42.6 Å². The van der Waals surface area contributed by atoms with Gasteiger partial charge in [-0.05, 0) is 70.1 Å². The Labute approximate surface area is 194 Å². The van der Waals surface area contributed by atoms with E-state index in [1.54, 1.807) is 26.8 Å². The van der Waals surface area contributed by atoms with Crippen molar-refractivity contribution >= 4 is 23.8 Å². The predicted molar refractivity (Wildman–Crippen MR) is 126 cm³/mol. The van der Waals surface area contributed by atoms with Gasteiger partial charge in [-0.15, -0.1) is 4.91 Å². The van der Waals surface area contributed by atoms with E-state index >= 15 is 0 Å². The monoisotopic (exact) mass is 469 g/mol. The summed E-state index contributed by atoms with van der Waals surface area (Å²) < 4.78 is 13.6. The van der Waals surface area contributed by atoms with Crippen LogP contribution in [-0.4, -0.2) is 67.0 Å². The van der Waals surface area contributed by atoms with Crippen LogP contribution in [-0.2, 0) is 20.7 Å². The number of rotatable bonds is 15. The molecule has 0 spiro atoms. The van der Waals surface area contributed by atoms with Crippen molar-refractivity contribution in [2.75, 3.05) is 40.4 Å². The van der Waals surface area contributed by atoms with Gasteiger partial charge in [0, 0.05) is 29.6 Å². The average Bonchev–Trinajstić information content (AvgIpc) is 2.69. The normalized spacial score (nSPS) is 12.5. The van der Waals surface area contributed by atoms with Crippen molar-refractivity contribution in [2.24, 2.45) is 4.58 Å². The summed E-state index contributed by atoms with van der Waals surface area (Å²) in [4.78, 5) is 36.5. The van der Waals surface area contributed by atoms with Gasteiger partial charge >= 0.3 is 5.97 Å². The Balaban J connectivity index is 2.94. The molecule has 1 amide bonds. The number of carboxylic acids is 1. The van der Waals surface area contributed by atoms with Crippen molar-refractivity contribution in [3.63, 3.8) is 0 Å². The Bertz CT molecular complexity index is 785. The first-order valence-electron chi connectivity index (χ1n) is 10.5. The van der Waals surface area contributed by atoms with Gasteiger partial charge in [-0.1, -0.05) is 13.3 Å². The number of amides is 1. The summed E-state index contributed by atoms with van der Waals surface area (Å²) in [5, 5.41) is 12.4. The van der Waals surface area contributed by atoms with Crippen molar-refractivity contribution in [1.82, 2.24) is 10.2 Å². The van der Waals surface area contributed by atoms with E-state index in [9.17, 15) is 19.6 Å². The molecule has 0 bridgehead atoms. The Morgan fingerprint density at radius 3 is 2.56 bits per heavy atom. The van der Waals surface area contributed by atoms with Crippen LogP contribution in [0.5, 0.6) is 5.75 Å². The maximum Gasteiger partial charge on any atom is 0.337 e. The number of hydrogen-bond acceptors (Lipinski definition) is 8. The van der Waals surface area contributed by atoms with E-state index in [-0.39, 0.29) is 6.54 Å². The molecular weight excluding hydrogens is 434 g/mol. The van der Waals surface area contributed by atoms with Crippen molar-refractivity contribution in [3.05, 3.63) is 33.7 Å². The Morgan fingerprint density at radius 1 is 1.31 bits per heavy atom. The Hall–Kier alpha value is -2.17. The minimum absolute atomic E-state index is 0.196. The molecule has 1 aromatic rings. The summed E-state index contributed by atoms with van der Waals surface area (Å²) >= 11 is 0.823. The number of benzene rings is 1. The second-order valence-corrected chi connectivity index (χ2v) is 9.89. The highest BCUT2D eigenvalue weighted by molar-refractivity contribution is 7.99. The van der Waals surface area contributed by atoms with E-state index in [0.29, 0.717) is 17.7 Å². The maximum absolute atomic E-state index is 12.2.